The highest BCUT2D eigenvalue weighted by Gasteiger charge is 2.47. The van der Waals surface area contributed by atoms with Crippen LogP contribution in [-0.2, 0) is 30.3 Å². The maximum atomic E-state index is 11.0. The van der Waals surface area contributed by atoms with E-state index in [4.69, 9.17) is 23.7 Å². The quantitative estimate of drug-likeness (QED) is 0.346. The van der Waals surface area contributed by atoms with E-state index in [-0.39, 0.29) is 6.61 Å². The molecule has 0 aliphatic carbocycles. The van der Waals surface area contributed by atoms with Gasteiger partial charge in [-0.2, -0.15) is 0 Å². The molecule has 1 aliphatic rings. The highest BCUT2D eigenvalue weighted by molar-refractivity contribution is 9.10. The van der Waals surface area contributed by atoms with Gasteiger partial charge in [-0.3, -0.25) is 0 Å². The van der Waals surface area contributed by atoms with Crippen LogP contribution in [0.3, 0.4) is 0 Å². The lowest BCUT2D eigenvalue weighted by atomic mass is 9.98. The highest BCUT2D eigenvalue weighted by atomic mass is 79.9. The van der Waals surface area contributed by atoms with Gasteiger partial charge >= 0.3 is 0 Å². The van der Waals surface area contributed by atoms with Gasteiger partial charge in [0.25, 0.3) is 0 Å². The summed E-state index contributed by atoms with van der Waals surface area (Å²) >= 11 is 3.43. The molecule has 178 valence electrons. The summed E-state index contributed by atoms with van der Waals surface area (Å²) in [4.78, 5) is 0. The molecule has 0 aromatic heterocycles. The van der Waals surface area contributed by atoms with Gasteiger partial charge in [0, 0.05) is 24.8 Å². The van der Waals surface area contributed by atoms with Crippen LogP contribution in [-0.4, -0.2) is 62.7 Å². The Hall–Kier alpha value is -0.540. The second-order valence-corrected chi connectivity index (χ2v) is 8.91. The maximum Gasteiger partial charge on any atom is 0.186 e. The molecule has 2 rings (SSSR count). The van der Waals surface area contributed by atoms with Crippen LogP contribution in [0.1, 0.15) is 57.9 Å². The molecule has 0 spiro atoms. The number of aliphatic hydroxyl groups is 1. The first-order valence-electron chi connectivity index (χ1n) is 11.5. The largest absolute Gasteiger partial charge is 0.387 e. The zero-order chi connectivity index (χ0) is 22.5. The normalized spacial score (nSPS) is 26.3. The smallest absolute Gasteiger partial charge is 0.186 e. The molecule has 1 aliphatic heterocycles. The van der Waals surface area contributed by atoms with Crippen molar-refractivity contribution < 1.29 is 28.8 Å². The Morgan fingerprint density at radius 1 is 0.935 bits per heavy atom. The van der Waals surface area contributed by atoms with Gasteiger partial charge in [0.1, 0.15) is 24.4 Å². The van der Waals surface area contributed by atoms with Crippen LogP contribution in [0.15, 0.2) is 28.7 Å². The number of unbranched alkanes of at least 4 members (excludes halogenated alkanes) is 4. The van der Waals surface area contributed by atoms with Crippen molar-refractivity contribution in [1.29, 1.82) is 0 Å². The Morgan fingerprint density at radius 2 is 1.65 bits per heavy atom. The second-order valence-electron chi connectivity index (χ2n) is 8.00. The van der Waals surface area contributed by atoms with Crippen LogP contribution < -0.4 is 0 Å². The monoisotopic (exact) mass is 502 g/mol. The standard InChI is InChI=1S/C24H39BrO6/c1-4-6-7-8-9-15-30-23-22(29-14-5-2)21(26)20(31-24(23)27-3)17-28-16-18-10-12-19(25)13-11-18/h10-13,20-24,26H,4-9,14-17H2,1-3H3/t20-,21-,22+,23-,24?/m1/s1. The number of methoxy groups -OCH3 is 1. The Balaban J connectivity index is 1.91. The summed E-state index contributed by atoms with van der Waals surface area (Å²) < 4.78 is 30.5. The van der Waals surface area contributed by atoms with Gasteiger partial charge in [-0.05, 0) is 30.5 Å². The Labute approximate surface area is 195 Å². The third-order valence-corrected chi connectivity index (χ3v) is 5.92. The van der Waals surface area contributed by atoms with E-state index in [1.54, 1.807) is 7.11 Å². The fourth-order valence-corrected chi connectivity index (χ4v) is 3.90. The minimum absolute atomic E-state index is 0.243. The zero-order valence-electron chi connectivity index (χ0n) is 19.1. The molecule has 31 heavy (non-hydrogen) atoms. The molecule has 5 atom stereocenters. The number of ether oxygens (including phenoxy) is 5. The fraction of sp³-hybridized carbons (Fsp3) is 0.750. The van der Waals surface area contributed by atoms with Gasteiger partial charge in [-0.15, -0.1) is 0 Å². The summed E-state index contributed by atoms with van der Waals surface area (Å²) in [5, 5.41) is 11.0. The molecular weight excluding hydrogens is 464 g/mol. The molecule has 0 radical (unpaired) electrons. The summed E-state index contributed by atoms with van der Waals surface area (Å²) in [6.07, 6.45) is 3.64. The number of hydrogen-bond donors (Lipinski definition) is 1. The van der Waals surface area contributed by atoms with E-state index in [1.165, 1.54) is 19.3 Å². The maximum absolute atomic E-state index is 11.0. The number of rotatable bonds is 15. The third kappa shape index (κ3) is 9.08. The van der Waals surface area contributed by atoms with E-state index < -0.39 is 30.7 Å². The van der Waals surface area contributed by atoms with Gasteiger partial charge in [0.15, 0.2) is 6.29 Å². The van der Waals surface area contributed by atoms with Gasteiger partial charge in [-0.25, -0.2) is 0 Å². The second kappa shape index (κ2) is 15.3. The molecule has 1 fully saturated rings. The molecule has 0 saturated carbocycles. The van der Waals surface area contributed by atoms with Crippen LogP contribution in [0.5, 0.6) is 0 Å². The van der Waals surface area contributed by atoms with E-state index in [1.807, 2.05) is 31.2 Å². The van der Waals surface area contributed by atoms with Crippen molar-refractivity contribution in [3.05, 3.63) is 34.3 Å². The number of aliphatic hydroxyl groups excluding tert-OH is 1. The molecule has 1 heterocycles. The molecule has 1 saturated heterocycles. The van der Waals surface area contributed by atoms with E-state index >= 15 is 0 Å². The van der Waals surface area contributed by atoms with Gasteiger partial charge < -0.3 is 28.8 Å². The molecule has 6 nitrogen and oxygen atoms in total. The van der Waals surface area contributed by atoms with Crippen molar-refractivity contribution in [2.24, 2.45) is 0 Å². The summed E-state index contributed by atoms with van der Waals surface area (Å²) in [5.74, 6) is 0. The first-order valence-corrected chi connectivity index (χ1v) is 12.3. The Morgan fingerprint density at radius 3 is 2.32 bits per heavy atom. The third-order valence-electron chi connectivity index (χ3n) is 5.39. The van der Waals surface area contributed by atoms with Crippen molar-refractivity contribution >= 4 is 15.9 Å². The lowest BCUT2D eigenvalue weighted by Gasteiger charge is -2.43. The Kier molecular flexibility index (Phi) is 13.2. The molecule has 0 amide bonds. The molecule has 1 aromatic rings. The molecule has 1 unspecified atom stereocenters. The van der Waals surface area contributed by atoms with E-state index in [9.17, 15) is 5.11 Å². The van der Waals surface area contributed by atoms with Crippen LogP contribution in [0, 0.1) is 0 Å². The molecule has 0 bridgehead atoms. The summed E-state index contributed by atoms with van der Waals surface area (Å²) in [7, 11) is 1.59. The topological polar surface area (TPSA) is 66.4 Å². The Bertz CT molecular complexity index is 584. The van der Waals surface area contributed by atoms with Crippen molar-refractivity contribution in [2.75, 3.05) is 26.9 Å². The minimum Gasteiger partial charge on any atom is -0.387 e. The summed E-state index contributed by atoms with van der Waals surface area (Å²) in [6.45, 7) is 6.07. The molecular formula is C24H39BrO6. The number of benzene rings is 1. The first-order chi connectivity index (χ1) is 15.1. The van der Waals surface area contributed by atoms with Crippen LogP contribution in [0.4, 0.5) is 0 Å². The fourth-order valence-electron chi connectivity index (χ4n) is 3.64. The van der Waals surface area contributed by atoms with Crippen molar-refractivity contribution in [3.8, 4) is 0 Å². The average Bonchev–Trinajstić information content (AvgIpc) is 2.78. The van der Waals surface area contributed by atoms with E-state index in [0.29, 0.717) is 19.8 Å². The van der Waals surface area contributed by atoms with Gasteiger partial charge in [0.05, 0.1) is 13.2 Å². The SMILES string of the molecule is CCCCCCCO[C@H]1C(OC)O[C@H](COCc2ccc(Br)cc2)[C@@H](O)[C@@H]1OCCC. The summed E-state index contributed by atoms with van der Waals surface area (Å²) in [6, 6.07) is 7.95. The predicted octanol–water partition coefficient (Wildman–Crippen LogP) is 4.85. The number of hydrogen-bond acceptors (Lipinski definition) is 6. The van der Waals surface area contributed by atoms with Crippen molar-refractivity contribution in [2.45, 2.75) is 89.7 Å². The van der Waals surface area contributed by atoms with Crippen molar-refractivity contribution in [3.63, 3.8) is 0 Å². The van der Waals surface area contributed by atoms with Crippen molar-refractivity contribution in [1.82, 2.24) is 0 Å². The zero-order valence-corrected chi connectivity index (χ0v) is 20.7. The lowest BCUT2D eigenvalue weighted by Crippen LogP contribution is -2.61. The summed E-state index contributed by atoms with van der Waals surface area (Å²) in [5.41, 5.74) is 1.06. The predicted molar refractivity (Wildman–Crippen MR) is 124 cm³/mol. The van der Waals surface area contributed by atoms with Crippen LogP contribution >= 0.6 is 15.9 Å². The van der Waals surface area contributed by atoms with Gasteiger partial charge in [0.2, 0.25) is 0 Å². The van der Waals surface area contributed by atoms with E-state index in [2.05, 4.69) is 22.9 Å². The minimum atomic E-state index is -0.854. The average molecular weight is 503 g/mol. The number of halogens is 1. The van der Waals surface area contributed by atoms with Gasteiger partial charge in [-0.1, -0.05) is 67.6 Å². The van der Waals surface area contributed by atoms with Crippen LogP contribution in [0.25, 0.3) is 0 Å². The van der Waals surface area contributed by atoms with E-state index in [0.717, 1.165) is 29.3 Å². The highest BCUT2D eigenvalue weighted by Crippen LogP contribution is 2.27. The first kappa shape index (κ1) is 26.7. The lowest BCUT2D eigenvalue weighted by molar-refractivity contribution is -0.312. The van der Waals surface area contributed by atoms with Crippen LogP contribution in [0.2, 0.25) is 0 Å². The molecule has 7 heteroatoms. The molecule has 1 aromatic carbocycles. The molecule has 1 N–H and O–H groups in total.